The van der Waals surface area contributed by atoms with Gasteiger partial charge in [0.05, 0.1) is 41.3 Å². The topological polar surface area (TPSA) is 210 Å². The van der Waals surface area contributed by atoms with Crippen molar-refractivity contribution in [3.05, 3.63) is 116 Å². The molecule has 1 amide bonds. The highest BCUT2D eigenvalue weighted by molar-refractivity contribution is 5.90. The van der Waals surface area contributed by atoms with E-state index < -0.39 is 17.4 Å². The molecule has 4 N–H and O–H groups in total. The van der Waals surface area contributed by atoms with Gasteiger partial charge in [-0.1, -0.05) is 27.7 Å². The van der Waals surface area contributed by atoms with Crippen LogP contribution in [0.1, 0.15) is 80.7 Å². The number of hydrogen-bond acceptors (Lipinski definition) is 12. The summed E-state index contributed by atoms with van der Waals surface area (Å²) < 4.78 is 16.5. The van der Waals surface area contributed by atoms with E-state index in [1.54, 1.807) is 34.6 Å². The van der Waals surface area contributed by atoms with Crippen LogP contribution < -0.4 is 16.0 Å². The number of nitrogens with zero attached hydrogens (tertiary/aromatic N) is 7. The average molecular weight is 925 g/mol. The van der Waals surface area contributed by atoms with Gasteiger partial charge in [-0.25, -0.2) is 24.2 Å². The summed E-state index contributed by atoms with van der Waals surface area (Å²) in [4.78, 5) is 61.7. The van der Waals surface area contributed by atoms with Crippen LogP contribution in [0.2, 0.25) is 0 Å². The molecule has 1 saturated heterocycles. The SMILES string of the molecule is CCc1c2c(nc3ccc(OC(=O)N4CCC(N(C)CCn5ccc6cc(-n7c(-c8cc(C(C)C)c(O)cc8O)n[nH]c7=O)ccc65)CC4)cc13)-c1cc(C(O)(C=O)CC)c(COC)c(=O)n1C2. The molecule has 1 atom stereocenters. The number of likely N-dealkylation sites (N-methyl/N-ethyl adjacent to an activating group) is 1. The van der Waals surface area contributed by atoms with Crippen LogP contribution in [0.5, 0.6) is 17.2 Å². The second-order valence-electron chi connectivity index (χ2n) is 18.2. The Morgan fingerprint density at radius 3 is 2.50 bits per heavy atom. The quantitative estimate of drug-likeness (QED) is 0.0856. The van der Waals surface area contributed by atoms with Gasteiger partial charge >= 0.3 is 11.8 Å². The number of ether oxygens (including phenoxy) is 2. The lowest BCUT2D eigenvalue weighted by molar-refractivity contribution is -0.125. The number of hydrogen-bond donors (Lipinski definition) is 4. The predicted molar refractivity (Wildman–Crippen MR) is 257 cm³/mol. The van der Waals surface area contributed by atoms with Gasteiger partial charge in [-0.2, -0.15) is 5.10 Å². The minimum absolute atomic E-state index is 0.0202. The Kier molecular flexibility index (Phi) is 12.3. The van der Waals surface area contributed by atoms with Crippen molar-refractivity contribution in [2.45, 2.75) is 90.6 Å². The second kappa shape index (κ2) is 18.2. The van der Waals surface area contributed by atoms with Crippen LogP contribution in [-0.2, 0) is 41.2 Å². The van der Waals surface area contributed by atoms with Crippen LogP contribution in [0.15, 0.2) is 76.4 Å². The molecular formula is C51H56N8O9. The van der Waals surface area contributed by atoms with E-state index in [4.69, 9.17) is 14.5 Å². The lowest BCUT2D eigenvalue weighted by Crippen LogP contribution is -2.47. The maximum Gasteiger partial charge on any atom is 0.415 e. The molecular weight excluding hydrogens is 869 g/mol. The monoisotopic (exact) mass is 924 g/mol. The number of nitrogens with one attached hydrogen (secondary N) is 1. The number of carbonyl (C=O) groups excluding carboxylic acids is 2. The van der Waals surface area contributed by atoms with Crippen molar-refractivity contribution >= 4 is 34.2 Å². The summed E-state index contributed by atoms with van der Waals surface area (Å²) in [5.41, 5.74) is 3.99. The van der Waals surface area contributed by atoms with Crippen molar-refractivity contribution in [3.8, 4) is 45.7 Å². The number of carbonyl (C=O) groups is 2. The number of aromatic nitrogens is 6. The van der Waals surface area contributed by atoms with E-state index in [1.165, 1.54) is 17.7 Å². The zero-order valence-electron chi connectivity index (χ0n) is 39.1. The van der Waals surface area contributed by atoms with Crippen LogP contribution in [-0.4, -0.2) is 106 Å². The number of fused-ring (bicyclic) bond motifs is 5. The summed E-state index contributed by atoms with van der Waals surface area (Å²) in [6, 6.07) is 18.0. The minimum Gasteiger partial charge on any atom is -0.508 e. The minimum atomic E-state index is -1.85. The molecule has 1 fully saturated rings. The van der Waals surface area contributed by atoms with Crippen LogP contribution in [0, 0.1) is 0 Å². The molecule has 0 saturated carbocycles. The number of benzene rings is 3. The third kappa shape index (κ3) is 8.03. The highest BCUT2D eigenvalue weighted by Crippen LogP contribution is 2.40. The van der Waals surface area contributed by atoms with Crippen molar-refractivity contribution in [1.29, 1.82) is 0 Å². The fourth-order valence-corrected chi connectivity index (χ4v) is 9.98. The number of pyridine rings is 2. The number of rotatable bonds is 14. The number of aliphatic hydroxyl groups is 1. The first-order chi connectivity index (χ1) is 32.7. The molecule has 0 aliphatic carbocycles. The Labute approximate surface area is 391 Å². The molecule has 0 radical (unpaired) electrons. The number of aromatic hydroxyl groups is 2. The number of H-pyrrole nitrogens is 1. The zero-order chi connectivity index (χ0) is 48.2. The molecule has 7 aromatic rings. The largest absolute Gasteiger partial charge is 0.508 e. The van der Waals surface area contributed by atoms with Gasteiger partial charge in [0, 0.05) is 84.6 Å². The highest BCUT2D eigenvalue weighted by Gasteiger charge is 2.36. The molecule has 2 aliphatic rings. The van der Waals surface area contributed by atoms with E-state index in [-0.39, 0.29) is 65.5 Å². The van der Waals surface area contributed by atoms with Crippen LogP contribution in [0.25, 0.3) is 50.3 Å². The Hall–Kier alpha value is -7.08. The summed E-state index contributed by atoms with van der Waals surface area (Å²) in [7, 11) is 3.57. The van der Waals surface area contributed by atoms with E-state index in [0.29, 0.717) is 65.3 Å². The smallest absolute Gasteiger partial charge is 0.415 e. The number of aromatic amines is 1. The van der Waals surface area contributed by atoms with E-state index in [2.05, 4.69) is 26.7 Å². The van der Waals surface area contributed by atoms with Gasteiger partial charge in [0.1, 0.15) is 22.8 Å². The molecule has 0 bridgehead atoms. The number of phenols is 2. The van der Waals surface area contributed by atoms with Gasteiger partial charge in [-0.05, 0) is 104 Å². The molecule has 3 aromatic carbocycles. The number of methoxy groups -OCH3 is 1. The Balaban J connectivity index is 0.843. The predicted octanol–water partition coefficient (Wildman–Crippen LogP) is 6.56. The third-order valence-electron chi connectivity index (χ3n) is 13.9. The van der Waals surface area contributed by atoms with Crippen molar-refractivity contribution in [2.24, 2.45) is 0 Å². The Morgan fingerprint density at radius 1 is 1.01 bits per heavy atom. The Bertz CT molecular complexity index is 3230. The first-order valence-corrected chi connectivity index (χ1v) is 23.1. The van der Waals surface area contributed by atoms with E-state index in [0.717, 1.165) is 53.3 Å². The van der Waals surface area contributed by atoms with Crippen molar-refractivity contribution in [2.75, 3.05) is 33.8 Å². The number of amides is 1. The lowest BCUT2D eigenvalue weighted by atomic mass is 9.89. The maximum absolute atomic E-state index is 13.9. The van der Waals surface area contributed by atoms with E-state index in [9.17, 15) is 34.5 Å². The van der Waals surface area contributed by atoms with Gasteiger partial charge in [0.25, 0.3) is 5.56 Å². The maximum atomic E-state index is 13.9. The Morgan fingerprint density at radius 2 is 1.79 bits per heavy atom. The summed E-state index contributed by atoms with van der Waals surface area (Å²) in [5, 5.41) is 40.9. The molecule has 17 nitrogen and oxygen atoms in total. The fourth-order valence-electron chi connectivity index (χ4n) is 9.98. The normalized spacial score (nSPS) is 14.8. The molecule has 0 spiro atoms. The molecule has 2 aliphatic heterocycles. The van der Waals surface area contributed by atoms with Gasteiger partial charge in [-0.3, -0.25) is 9.59 Å². The van der Waals surface area contributed by atoms with Crippen LogP contribution in [0.3, 0.4) is 0 Å². The summed E-state index contributed by atoms with van der Waals surface area (Å²) in [5.74, 6) is 0.409. The number of phenolic OH excluding ortho intramolecular Hbond substituents is 2. The number of aldehydes is 1. The van der Waals surface area contributed by atoms with Gasteiger partial charge in [0.15, 0.2) is 12.1 Å². The number of piperidine rings is 1. The molecule has 1 unspecified atom stereocenters. The van der Waals surface area contributed by atoms with Gasteiger partial charge < -0.3 is 43.7 Å². The highest BCUT2D eigenvalue weighted by atomic mass is 16.6. The van der Waals surface area contributed by atoms with E-state index >= 15 is 0 Å². The molecule has 4 aromatic heterocycles. The zero-order valence-corrected chi connectivity index (χ0v) is 39.1. The average Bonchev–Trinajstić information content (AvgIpc) is 4.04. The second-order valence-corrected chi connectivity index (χ2v) is 18.2. The standard InChI is InChI=1S/C51H56N8O9/c1-7-34-36-22-33(10-11-41(36)52-46-38(34)26-58-43(46)24-40(51(66,8-2)28-60)39(27-67-6)48(58)63)68-50(65)57-17-14-31(15-18-57)55(5)19-20-56-16-13-30-21-32(9-12-42(30)56)59-47(53-54-49(59)64)37-23-35(29(3)4)44(61)25-45(37)62/h9-13,16,21-25,28-29,31,61-62,66H,7-8,14-15,17-20,26-27H2,1-6H3,(H,54,64). The first-order valence-electron chi connectivity index (χ1n) is 23.1. The molecule has 354 valence electrons. The lowest BCUT2D eigenvalue weighted by Gasteiger charge is -2.36. The van der Waals surface area contributed by atoms with Crippen molar-refractivity contribution < 1.29 is 34.4 Å². The molecule has 9 rings (SSSR count). The molecule has 6 heterocycles. The first kappa shape index (κ1) is 46.0. The summed E-state index contributed by atoms with van der Waals surface area (Å²) in [6.45, 7) is 10.4. The van der Waals surface area contributed by atoms with Crippen molar-refractivity contribution in [3.63, 3.8) is 0 Å². The van der Waals surface area contributed by atoms with Crippen LogP contribution in [0.4, 0.5) is 4.79 Å². The molecule has 17 heteroatoms. The third-order valence-corrected chi connectivity index (χ3v) is 13.9. The van der Waals surface area contributed by atoms with Crippen LogP contribution >= 0.6 is 0 Å². The summed E-state index contributed by atoms with van der Waals surface area (Å²) >= 11 is 0. The van der Waals surface area contributed by atoms with E-state index in [1.807, 2.05) is 63.4 Å². The molecule has 68 heavy (non-hydrogen) atoms. The fraction of sp³-hybridized carbons (Fsp3) is 0.373. The number of likely N-dealkylation sites (tertiary alicyclic amines) is 1. The number of aryl methyl sites for hydroxylation is 1. The van der Waals surface area contributed by atoms with Gasteiger partial charge in [-0.15, -0.1) is 0 Å². The van der Waals surface area contributed by atoms with Crippen molar-refractivity contribution in [1.82, 2.24) is 38.7 Å². The summed E-state index contributed by atoms with van der Waals surface area (Å²) in [6.07, 6.45) is 4.35. The van der Waals surface area contributed by atoms with Gasteiger partial charge in [0.2, 0.25) is 0 Å².